The molecular formula is C16H23BrN2O. The van der Waals surface area contributed by atoms with Crippen molar-refractivity contribution >= 4 is 21.8 Å². The largest absolute Gasteiger partial charge is 0.336 e. The van der Waals surface area contributed by atoms with Crippen LogP contribution in [-0.4, -0.2) is 36.5 Å². The molecule has 0 radical (unpaired) electrons. The molecule has 1 fully saturated rings. The van der Waals surface area contributed by atoms with Crippen molar-refractivity contribution in [3.8, 4) is 0 Å². The van der Waals surface area contributed by atoms with Gasteiger partial charge in [0.2, 0.25) is 0 Å². The highest BCUT2D eigenvalue weighted by Gasteiger charge is 2.26. The number of amides is 1. The fourth-order valence-electron chi connectivity index (χ4n) is 2.83. The van der Waals surface area contributed by atoms with E-state index in [0.29, 0.717) is 6.04 Å². The predicted molar refractivity (Wildman–Crippen MR) is 86.1 cm³/mol. The summed E-state index contributed by atoms with van der Waals surface area (Å²) in [6.45, 7) is 7.01. The number of nitrogens with one attached hydrogen (secondary N) is 1. The van der Waals surface area contributed by atoms with Crippen molar-refractivity contribution in [3.05, 3.63) is 33.8 Å². The molecule has 1 amide bonds. The highest BCUT2D eigenvalue weighted by Crippen LogP contribution is 2.21. The lowest BCUT2D eigenvalue weighted by Gasteiger charge is -2.35. The van der Waals surface area contributed by atoms with Gasteiger partial charge in [-0.25, -0.2) is 0 Å². The number of rotatable bonds is 4. The molecule has 0 aromatic heterocycles. The zero-order valence-electron chi connectivity index (χ0n) is 12.3. The first-order valence-electron chi connectivity index (χ1n) is 7.41. The van der Waals surface area contributed by atoms with Gasteiger partial charge in [-0.3, -0.25) is 4.79 Å². The monoisotopic (exact) mass is 338 g/mol. The maximum absolute atomic E-state index is 12.9. The van der Waals surface area contributed by atoms with Crippen LogP contribution in [0.5, 0.6) is 0 Å². The van der Waals surface area contributed by atoms with E-state index in [2.05, 4.69) is 33.1 Å². The number of piperidine rings is 1. The van der Waals surface area contributed by atoms with Crippen LogP contribution in [0.1, 0.15) is 42.1 Å². The van der Waals surface area contributed by atoms with E-state index in [-0.39, 0.29) is 5.91 Å². The van der Waals surface area contributed by atoms with E-state index < -0.39 is 0 Å². The minimum absolute atomic E-state index is 0.184. The summed E-state index contributed by atoms with van der Waals surface area (Å²) >= 11 is 3.46. The number of benzene rings is 1. The Bertz CT molecular complexity index is 470. The molecule has 1 aliphatic heterocycles. The second-order valence-corrected chi connectivity index (χ2v) is 6.35. The summed E-state index contributed by atoms with van der Waals surface area (Å²) in [7, 11) is 0. The van der Waals surface area contributed by atoms with Crippen LogP contribution in [0.4, 0.5) is 0 Å². The summed E-state index contributed by atoms with van der Waals surface area (Å²) in [5.74, 6) is 0.184. The molecule has 4 heteroatoms. The standard InChI is InChI=1S/C16H23BrN2O/c1-3-10-19(14-6-8-18-9-7-14)16(20)15-5-4-13(17)11-12(15)2/h4-5,11,14,18H,3,6-10H2,1-2H3. The van der Waals surface area contributed by atoms with Crippen LogP contribution in [0, 0.1) is 6.92 Å². The molecule has 3 nitrogen and oxygen atoms in total. The molecule has 20 heavy (non-hydrogen) atoms. The van der Waals surface area contributed by atoms with Crippen molar-refractivity contribution in [3.63, 3.8) is 0 Å². The average molecular weight is 339 g/mol. The summed E-state index contributed by atoms with van der Waals surface area (Å²) < 4.78 is 1.02. The van der Waals surface area contributed by atoms with Crippen LogP contribution in [0.25, 0.3) is 0 Å². The summed E-state index contributed by atoms with van der Waals surface area (Å²) in [6, 6.07) is 6.28. The van der Waals surface area contributed by atoms with Gasteiger partial charge in [0.1, 0.15) is 0 Å². The third-order valence-corrected chi connectivity index (χ3v) is 4.39. The Morgan fingerprint density at radius 1 is 1.40 bits per heavy atom. The van der Waals surface area contributed by atoms with Gasteiger partial charge in [0.25, 0.3) is 5.91 Å². The maximum atomic E-state index is 12.9. The molecule has 1 aliphatic rings. The molecule has 110 valence electrons. The van der Waals surface area contributed by atoms with E-state index in [1.807, 2.05) is 25.1 Å². The van der Waals surface area contributed by atoms with Crippen molar-refractivity contribution in [2.24, 2.45) is 0 Å². The van der Waals surface area contributed by atoms with Gasteiger partial charge >= 0.3 is 0 Å². The number of aryl methyl sites for hydroxylation is 1. The van der Waals surface area contributed by atoms with Gasteiger partial charge in [0.05, 0.1) is 0 Å². The zero-order valence-corrected chi connectivity index (χ0v) is 13.9. The third-order valence-electron chi connectivity index (χ3n) is 3.89. The molecule has 0 bridgehead atoms. The Balaban J connectivity index is 2.21. The second-order valence-electron chi connectivity index (χ2n) is 5.44. The fourth-order valence-corrected chi connectivity index (χ4v) is 3.31. The number of hydrogen-bond acceptors (Lipinski definition) is 2. The molecule has 1 saturated heterocycles. The molecule has 1 aromatic carbocycles. The molecule has 0 aliphatic carbocycles. The first-order valence-corrected chi connectivity index (χ1v) is 8.20. The lowest BCUT2D eigenvalue weighted by Crippen LogP contribution is -2.46. The number of hydrogen-bond donors (Lipinski definition) is 1. The van der Waals surface area contributed by atoms with Crippen LogP contribution in [-0.2, 0) is 0 Å². The van der Waals surface area contributed by atoms with Crippen LogP contribution < -0.4 is 5.32 Å². The van der Waals surface area contributed by atoms with Crippen LogP contribution in [0.15, 0.2) is 22.7 Å². The molecule has 0 spiro atoms. The number of nitrogens with zero attached hydrogens (tertiary/aromatic N) is 1. The highest BCUT2D eigenvalue weighted by atomic mass is 79.9. The summed E-state index contributed by atoms with van der Waals surface area (Å²) in [5, 5.41) is 3.37. The van der Waals surface area contributed by atoms with Crippen molar-refractivity contribution in [1.82, 2.24) is 10.2 Å². The van der Waals surface area contributed by atoms with E-state index in [0.717, 1.165) is 54.5 Å². The SMILES string of the molecule is CCCN(C(=O)c1ccc(Br)cc1C)C1CCNCC1. The van der Waals surface area contributed by atoms with E-state index in [4.69, 9.17) is 0 Å². The number of carbonyl (C=O) groups excluding carboxylic acids is 1. The summed E-state index contributed by atoms with van der Waals surface area (Å²) in [5.41, 5.74) is 1.87. The van der Waals surface area contributed by atoms with E-state index in [9.17, 15) is 4.79 Å². The Labute approximate surface area is 129 Å². The predicted octanol–water partition coefficient (Wildman–Crippen LogP) is 3.36. The first-order chi connectivity index (χ1) is 9.63. The van der Waals surface area contributed by atoms with Crippen molar-refractivity contribution in [1.29, 1.82) is 0 Å². The van der Waals surface area contributed by atoms with Gasteiger partial charge in [-0.1, -0.05) is 22.9 Å². The Hall–Kier alpha value is -0.870. The fraction of sp³-hybridized carbons (Fsp3) is 0.562. The van der Waals surface area contributed by atoms with Gasteiger partial charge in [-0.15, -0.1) is 0 Å². The quantitative estimate of drug-likeness (QED) is 0.912. The van der Waals surface area contributed by atoms with Crippen molar-refractivity contribution < 1.29 is 4.79 Å². The van der Waals surface area contributed by atoms with Gasteiger partial charge in [-0.2, -0.15) is 0 Å². The molecule has 1 N–H and O–H groups in total. The van der Waals surface area contributed by atoms with Gasteiger partial charge in [0, 0.05) is 22.6 Å². The number of halogens is 1. The average Bonchev–Trinajstić information content (AvgIpc) is 2.45. The number of carbonyl (C=O) groups is 1. The minimum Gasteiger partial charge on any atom is -0.336 e. The maximum Gasteiger partial charge on any atom is 0.254 e. The van der Waals surface area contributed by atoms with E-state index >= 15 is 0 Å². The normalized spacial score (nSPS) is 16.1. The highest BCUT2D eigenvalue weighted by molar-refractivity contribution is 9.10. The van der Waals surface area contributed by atoms with Crippen molar-refractivity contribution in [2.75, 3.05) is 19.6 Å². The summed E-state index contributed by atoms with van der Waals surface area (Å²) in [6.07, 6.45) is 3.12. The molecule has 2 rings (SSSR count). The lowest BCUT2D eigenvalue weighted by molar-refractivity contribution is 0.0642. The topological polar surface area (TPSA) is 32.3 Å². The zero-order chi connectivity index (χ0) is 14.5. The van der Waals surface area contributed by atoms with Crippen LogP contribution in [0.2, 0.25) is 0 Å². The van der Waals surface area contributed by atoms with Crippen LogP contribution in [0.3, 0.4) is 0 Å². The first kappa shape index (κ1) is 15.5. The van der Waals surface area contributed by atoms with E-state index in [1.165, 1.54) is 0 Å². The molecular weight excluding hydrogens is 316 g/mol. The molecule has 1 aromatic rings. The van der Waals surface area contributed by atoms with Crippen molar-refractivity contribution in [2.45, 2.75) is 39.2 Å². The Morgan fingerprint density at radius 3 is 2.70 bits per heavy atom. The molecule has 0 saturated carbocycles. The summed E-state index contributed by atoms with van der Waals surface area (Å²) in [4.78, 5) is 14.9. The molecule has 0 unspecified atom stereocenters. The second kappa shape index (κ2) is 7.23. The Morgan fingerprint density at radius 2 is 2.10 bits per heavy atom. The lowest BCUT2D eigenvalue weighted by atomic mass is 10.0. The Kier molecular flexibility index (Phi) is 5.61. The van der Waals surface area contributed by atoms with Gasteiger partial charge in [-0.05, 0) is 63.0 Å². The van der Waals surface area contributed by atoms with Gasteiger partial charge in [0.15, 0.2) is 0 Å². The third kappa shape index (κ3) is 3.61. The molecule has 0 atom stereocenters. The molecule has 1 heterocycles. The smallest absolute Gasteiger partial charge is 0.254 e. The minimum atomic E-state index is 0.184. The van der Waals surface area contributed by atoms with Crippen LogP contribution >= 0.6 is 15.9 Å². The van der Waals surface area contributed by atoms with Gasteiger partial charge < -0.3 is 10.2 Å². The van der Waals surface area contributed by atoms with E-state index in [1.54, 1.807) is 0 Å².